The van der Waals surface area contributed by atoms with Crippen LogP contribution in [-0.4, -0.2) is 60.4 Å². The third kappa shape index (κ3) is 4.21. The first-order valence-electron chi connectivity index (χ1n) is 10.9. The van der Waals surface area contributed by atoms with Crippen molar-refractivity contribution < 1.29 is 14.3 Å². The maximum atomic E-state index is 13.5. The molecule has 2 heterocycles. The second kappa shape index (κ2) is 8.94. The average molecular weight is 420 g/mol. The van der Waals surface area contributed by atoms with Crippen molar-refractivity contribution in [3.05, 3.63) is 65.9 Å². The highest BCUT2D eigenvalue weighted by atomic mass is 16.5. The highest BCUT2D eigenvalue weighted by Gasteiger charge is 2.42. The van der Waals surface area contributed by atoms with Gasteiger partial charge in [-0.05, 0) is 50.2 Å². The fraction of sp³-hybridized carbons (Fsp3) is 0.360. The van der Waals surface area contributed by atoms with Crippen LogP contribution in [0.15, 0.2) is 60.3 Å². The van der Waals surface area contributed by atoms with Gasteiger partial charge in [-0.2, -0.15) is 0 Å². The highest BCUT2D eigenvalue weighted by molar-refractivity contribution is 6.45. The van der Waals surface area contributed by atoms with Crippen molar-refractivity contribution in [2.75, 3.05) is 37.6 Å². The zero-order valence-corrected chi connectivity index (χ0v) is 18.4. The number of amides is 2. The van der Waals surface area contributed by atoms with E-state index in [0.29, 0.717) is 17.0 Å². The number of hydrogen-bond donors (Lipinski definition) is 0. The van der Waals surface area contributed by atoms with Crippen molar-refractivity contribution in [1.82, 2.24) is 9.80 Å². The van der Waals surface area contributed by atoms with Crippen molar-refractivity contribution in [2.45, 2.75) is 26.9 Å². The summed E-state index contributed by atoms with van der Waals surface area (Å²) >= 11 is 0. The minimum absolute atomic E-state index is 0.0683. The zero-order chi connectivity index (χ0) is 22.0. The predicted molar refractivity (Wildman–Crippen MR) is 122 cm³/mol. The Bertz CT molecular complexity index is 975. The zero-order valence-electron chi connectivity index (χ0n) is 18.4. The molecule has 4 rings (SSSR count). The van der Waals surface area contributed by atoms with E-state index < -0.39 is 0 Å². The lowest BCUT2D eigenvalue weighted by atomic mass is 10.0. The first-order chi connectivity index (χ1) is 15.0. The molecule has 162 valence electrons. The molecule has 0 N–H and O–H groups in total. The number of anilines is 1. The van der Waals surface area contributed by atoms with Crippen molar-refractivity contribution in [3.8, 4) is 5.75 Å². The Balaban J connectivity index is 1.73. The van der Waals surface area contributed by atoms with Gasteiger partial charge >= 0.3 is 0 Å². The summed E-state index contributed by atoms with van der Waals surface area (Å²) in [5, 5.41) is 0. The van der Waals surface area contributed by atoms with Gasteiger partial charge in [0.05, 0.1) is 17.4 Å². The second-order valence-electron chi connectivity index (χ2n) is 8.12. The summed E-state index contributed by atoms with van der Waals surface area (Å²) in [5.74, 6) is 0.217. The van der Waals surface area contributed by atoms with Gasteiger partial charge < -0.3 is 14.5 Å². The number of piperazine rings is 1. The minimum atomic E-state index is -0.276. The molecule has 1 saturated heterocycles. The second-order valence-corrected chi connectivity index (χ2v) is 8.12. The number of imide groups is 1. The number of rotatable bonds is 6. The maximum Gasteiger partial charge on any atom is 0.282 e. The van der Waals surface area contributed by atoms with Gasteiger partial charge in [-0.3, -0.25) is 9.59 Å². The summed E-state index contributed by atoms with van der Waals surface area (Å²) in [4.78, 5) is 32.8. The molecule has 31 heavy (non-hydrogen) atoms. The van der Waals surface area contributed by atoms with Crippen LogP contribution in [0.2, 0.25) is 0 Å². The van der Waals surface area contributed by atoms with Crippen LogP contribution in [-0.2, 0) is 9.59 Å². The average Bonchev–Trinajstić information content (AvgIpc) is 3.04. The molecule has 0 aliphatic carbocycles. The van der Waals surface area contributed by atoms with E-state index in [1.165, 1.54) is 4.90 Å². The fourth-order valence-corrected chi connectivity index (χ4v) is 4.14. The Morgan fingerprint density at radius 2 is 1.52 bits per heavy atom. The number of nitrogens with zero attached hydrogens (tertiary/aromatic N) is 3. The molecule has 0 spiro atoms. The third-order valence-electron chi connectivity index (χ3n) is 5.72. The maximum absolute atomic E-state index is 13.5. The number of hydrogen-bond acceptors (Lipinski definition) is 5. The van der Waals surface area contributed by atoms with Gasteiger partial charge in [0.2, 0.25) is 0 Å². The molecule has 0 bridgehead atoms. The van der Waals surface area contributed by atoms with Crippen LogP contribution in [0.25, 0.3) is 5.57 Å². The van der Waals surface area contributed by atoms with Crippen molar-refractivity contribution in [3.63, 3.8) is 0 Å². The van der Waals surface area contributed by atoms with E-state index in [1.54, 1.807) is 12.1 Å². The third-order valence-corrected chi connectivity index (χ3v) is 5.72. The molecule has 0 atom stereocenters. The Morgan fingerprint density at radius 1 is 0.871 bits per heavy atom. The lowest BCUT2D eigenvalue weighted by Crippen LogP contribution is -2.47. The van der Waals surface area contributed by atoms with Crippen LogP contribution < -0.4 is 9.64 Å². The van der Waals surface area contributed by atoms with Crippen LogP contribution in [0.1, 0.15) is 26.3 Å². The van der Waals surface area contributed by atoms with Gasteiger partial charge in [0.1, 0.15) is 11.4 Å². The first kappa shape index (κ1) is 21.1. The molecule has 0 saturated carbocycles. The molecule has 6 heteroatoms. The normalized spacial score (nSPS) is 17.8. The largest absolute Gasteiger partial charge is 0.491 e. The Hall–Kier alpha value is -3.12. The van der Waals surface area contributed by atoms with Crippen LogP contribution in [0.4, 0.5) is 5.69 Å². The highest BCUT2D eigenvalue weighted by Crippen LogP contribution is 2.35. The SMILES string of the molecule is CCN1CCN(C2=C(c3ccc(OC(C)C)cc3)C(=O)N(c3ccccc3)C2=O)CC1. The van der Waals surface area contributed by atoms with Gasteiger partial charge in [0, 0.05) is 26.2 Å². The Morgan fingerprint density at radius 3 is 2.10 bits per heavy atom. The Kier molecular flexibility index (Phi) is 6.09. The number of carbonyl (C=O) groups is 2. The molecular formula is C25H29N3O3. The molecule has 1 fully saturated rings. The first-order valence-corrected chi connectivity index (χ1v) is 10.9. The van der Waals surface area contributed by atoms with Gasteiger partial charge in [-0.15, -0.1) is 0 Å². The number of carbonyl (C=O) groups excluding carboxylic acids is 2. The lowest BCUT2D eigenvalue weighted by molar-refractivity contribution is -0.120. The molecule has 2 aromatic rings. The van der Waals surface area contributed by atoms with E-state index in [9.17, 15) is 9.59 Å². The van der Waals surface area contributed by atoms with Gasteiger partial charge in [0.25, 0.3) is 11.8 Å². The number of ether oxygens (including phenoxy) is 1. The van der Waals surface area contributed by atoms with Crippen LogP contribution in [0, 0.1) is 0 Å². The van der Waals surface area contributed by atoms with E-state index in [-0.39, 0.29) is 17.9 Å². The van der Waals surface area contributed by atoms with E-state index in [4.69, 9.17) is 4.74 Å². The summed E-state index contributed by atoms with van der Waals surface area (Å²) in [6.45, 7) is 10.3. The quantitative estimate of drug-likeness (QED) is 0.672. The summed E-state index contributed by atoms with van der Waals surface area (Å²) < 4.78 is 5.74. The smallest absolute Gasteiger partial charge is 0.282 e. The molecule has 2 amide bonds. The molecule has 0 unspecified atom stereocenters. The van der Waals surface area contributed by atoms with Crippen molar-refractivity contribution in [1.29, 1.82) is 0 Å². The van der Waals surface area contributed by atoms with Gasteiger partial charge in [0.15, 0.2) is 0 Å². The number of benzene rings is 2. The van der Waals surface area contributed by atoms with Crippen LogP contribution >= 0.6 is 0 Å². The predicted octanol–water partition coefficient (Wildman–Crippen LogP) is 3.40. The van der Waals surface area contributed by atoms with E-state index in [2.05, 4.69) is 16.7 Å². The van der Waals surface area contributed by atoms with Crippen molar-refractivity contribution >= 4 is 23.1 Å². The lowest BCUT2D eigenvalue weighted by Gasteiger charge is -2.36. The molecular weight excluding hydrogens is 390 g/mol. The summed E-state index contributed by atoms with van der Waals surface area (Å²) in [5.41, 5.74) is 2.30. The number of para-hydroxylation sites is 1. The van der Waals surface area contributed by atoms with Crippen molar-refractivity contribution in [2.24, 2.45) is 0 Å². The fourth-order valence-electron chi connectivity index (χ4n) is 4.14. The molecule has 2 aromatic carbocycles. The van der Waals surface area contributed by atoms with E-state index >= 15 is 0 Å². The van der Waals surface area contributed by atoms with Gasteiger partial charge in [-0.25, -0.2) is 4.90 Å². The molecule has 2 aliphatic heterocycles. The Labute approximate surface area is 183 Å². The molecule has 2 aliphatic rings. The molecule has 0 radical (unpaired) electrons. The van der Waals surface area contributed by atoms with E-state index in [0.717, 1.165) is 44.0 Å². The summed E-state index contributed by atoms with van der Waals surface area (Å²) in [6.07, 6.45) is 0.0683. The van der Waals surface area contributed by atoms with E-state index in [1.807, 2.05) is 56.3 Å². The summed E-state index contributed by atoms with van der Waals surface area (Å²) in [6, 6.07) is 16.6. The topological polar surface area (TPSA) is 53.1 Å². The minimum Gasteiger partial charge on any atom is -0.491 e. The summed E-state index contributed by atoms with van der Waals surface area (Å²) in [7, 11) is 0. The monoisotopic (exact) mass is 419 g/mol. The standard InChI is InChI=1S/C25H29N3O3/c1-4-26-14-16-27(17-15-26)23-22(19-10-12-21(13-11-19)31-18(2)3)24(29)28(25(23)30)20-8-6-5-7-9-20/h5-13,18H,4,14-17H2,1-3H3. The van der Waals surface area contributed by atoms with Crippen LogP contribution in [0.5, 0.6) is 5.75 Å². The van der Waals surface area contributed by atoms with Crippen LogP contribution in [0.3, 0.4) is 0 Å². The van der Waals surface area contributed by atoms with Gasteiger partial charge in [-0.1, -0.05) is 37.3 Å². The number of likely N-dealkylation sites (N-methyl/N-ethyl adjacent to an activating group) is 1. The molecule has 0 aromatic heterocycles. The molecule has 6 nitrogen and oxygen atoms in total.